The third kappa shape index (κ3) is 3.62. The van der Waals surface area contributed by atoms with Crippen LogP contribution in [0, 0.1) is 28.1 Å². The van der Waals surface area contributed by atoms with Crippen LogP contribution in [0.3, 0.4) is 0 Å². The van der Waals surface area contributed by atoms with Gasteiger partial charge < -0.3 is 4.74 Å². The number of nitrogens with zero attached hydrogens (tertiary/aromatic N) is 3. The zero-order valence-electron chi connectivity index (χ0n) is 21.7. The van der Waals surface area contributed by atoms with Gasteiger partial charge in [-0.3, -0.25) is 4.48 Å². The van der Waals surface area contributed by atoms with E-state index in [0.717, 1.165) is 37.4 Å². The van der Waals surface area contributed by atoms with E-state index in [9.17, 15) is 10.5 Å². The number of rotatable bonds is 2. The summed E-state index contributed by atoms with van der Waals surface area (Å²) < 4.78 is 7.17. The van der Waals surface area contributed by atoms with Crippen LogP contribution in [-0.4, -0.2) is 13.1 Å². The molecule has 4 rings (SSSR count). The molecule has 0 saturated carbocycles. The van der Waals surface area contributed by atoms with Crippen molar-refractivity contribution < 1.29 is 4.74 Å². The molecule has 0 bridgehead atoms. The first-order chi connectivity index (χ1) is 15.8. The van der Waals surface area contributed by atoms with E-state index in [1.54, 1.807) is 0 Å². The molecule has 0 spiro atoms. The zero-order chi connectivity index (χ0) is 25.1. The van der Waals surface area contributed by atoms with Crippen LogP contribution in [0.15, 0.2) is 65.3 Å². The standard InChI is InChI=1S/C30H36N3O/c1-20(25-16-21(22(18-31)19-32)17-26(34-25)28(2,3)4)33-14-12-29(5,6)23-10-9-11-24(27(23)33)30(7,8)13-15-33/h9-11,16-17H,1,12-15H2,2-8H3/q+1. The first-order valence-corrected chi connectivity index (χ1v) is 12.1. The van der Waals surface area contributed by atoms with Crippen molar-refractivity contribution in [3.63, 3.8) is 0 Å². The number of hydrogen-bond acceptors (Lipinski definition) is 3. The Balaban J connectivity index is 1.93. The number of quaternary nitrogens is 1. The van der Waals surface area contributed by atoms with Crippen LogP contribution < -0.4 is 4.48 Å². The molecule has 4 heteroatoms. The van der Waals surface area contributed by atoms with Gasteiger partial charge in [0.1, 0.15) is 29.2 Å². The highest BCUT2D eigenvalue weighted by Crippen LogP contribution is 2.55. The molecule has 0 aliphatic carbocycles. The van der Waals surface area contributed by atoms with Gasteiger partial charge >= 0.3 is 0 Å². The second kappa shape index (κ2) is 7.72. The molecular weight excluding hydrogens is 418 g/mol. The molecule has 1 aromatic rings. The van der Waals surface area contributed by atoms with Crippen molar-refractivity contribution in [3.8, 4) is 12.1 Å². The summed E-state index contributed by atoms with van der Waals surface area (Å²) in [5, 5.41) is 19.1. The van der Waals surface area contributed by atoms with Crippen LogP contribution >= 0.6 is 0 Å². The summed E-state index contributed by atoms with van der Waals surface area (Å²) >= 11 is 0. The largest absolute Gasteiger partial charge is 0.455 e. The number of ether oxygens (including phenoxy) is 1. The lowest BCUT2D eigenvalue weighted by Gasteiger charge is -2.53. The summed E-state index contributed by atoms with van der Waals surface area (Å²) in [4.78, 5) is 0. The van der Waals surface area contributed by atoms with Crippen molar-refractivity contribution in [2.75, 3.05) is 13.1 Å². The maximum Gasteiger partial charge on any atom is 0.188 e. The molecular formula is C30H36N3O+. The van der Waals surface area contributed by atoms with Crippen LogP contribution in [0.25, 0.3) is 0 Å². The first kappa shape index (κ1) is 24.1. The number of hydrogen-bond donors (Lipinski definition) is 0. The monoisotopic (exact) mass is 454 g/mol. The molecule has 176 valence electrons. The van der Waals surface area contributed by atoms with Crippen LogP contribution in [0.2, 0.25) is 0 Å². The van der Waals surface area contributed by atoms with Crippen molar-refractivity contribution in [3.05, 3.63) is 76.4 Å². The fourth-order valence-electron chi connectivity index (χ4n) is 5.57. The predicted octanol–water partition coefficient (Wildman–Crippen LogP) is 7.06. The molecule has 0 radical (unpaired) electrons. The van der Waals surface area contributed by atoms with Crippen LogP contribution in [0.5, 0.6) is 0 Å². The summed E-state index contributed by atoms with van der Waals surface area (Å²) in [6.07, 6.45) is 5.76. The molecule has 3 aliphatic rings. The third-order valence-corrected chi connectivity index (χ3v) is 8.01. The van der Waals surface area contributed by atoms with E-state index in [0.29, 0.717) is 15.8 Å². The Morgan fingerprint density at radius 1 is 0.971 bits per heavy atom. The van der Waals surface area contributed by atoms with Gasteiger partial charge in [0.25, 0.3) is 0 Å². The second-order valence-corrected chi connectivity index (χ2v) is 12.3. The lowest BCUT2D eigenvalue weighted by atomic mass is 9.68. The topological polar surface area (TPSA) is 56.8 Å². The van der Waals surface area contributed by atoms with Gasteiger partial charge in [0.2, 0.25) is 0 Å². The summed E-state index contributed by atoms with van der Waals surface area (Å²) in [5.74, 6) is 1.40. The quantitative estimate of drug-likeness (QED) is 0.355. The minimum Gasteiger partial charge on any atom is -0.455 e. The van der Waals surface area contributed by atoms with E-state index >= 15 is 0 Å². The summed E-state index contributed by atoms with van der Waals surface area (Å²) in [7, 11) is 0. The fraction of sp³-hybridized carbons (Fsp3) is 0.467. The highest BCUT2D eigenvalue weighted by atomic mass is 16.5. The Morgan fingerprint density at radius 2 is 1.50 bits per heavy atom. The fourth-order valence-corrected chi connectivity index (χ4v) is 5.57. The zero-order valence-corrected chi connectivity index (χ0v) is 21.7. The minimum absolute atomic E-state index is 0.0823. The number of nitriles is 2. The van der Waals surface area contributed by atoms with Gasteiger partial charge in [-0.15, -0.1) is 0 Å². The average molecular weight is 455 g/mol. The normalized spacial score (nSPS) is 21.6. The van der Waals surface area contributed by atoms with Gasteiger partial charge in [0.15, 0.2) is 11.5 Å². The van der Waals surface area contributed by atoms with E-state index in [-0.39, 0.29) is 21.8 Å². The maximum absolute atomic E-state index is 9.57. The molecule has 34 heavy (non-hydrogen) atoms. The molecule has 0 amide bonds. The second-order valence-electron chi connectivity index (χ2n) is 12.3. The minimum atomic E-state index is -0.280. The molecule has 1 aromatic carbocycles. The Kier molecular flexibility index (Phi) is 5.47. The summed E-state index contributed by atoms with van der Waals surface area (Å²) in [6.45, 7) is 22.1. The van der Waals surface area contributed by atoms with Gasteiger partial charge in [-0.1, -0.05) is 66.7 Å². The Labute approximate surface area is 204 Å². The van der Waals surface area contributed by atoms with Crippen molar-refractivity contribution in [2.45, 2.75) is 72.1 Å². The summed E-state index contributed by atoms with van der Waals surface area (Å²) in [6, 6.07) is 10.9. The van der Waals surface area contributed by atoms with Gasteiger partial charge in [0, 0.05) is 45.8 Å². The Hall–Kier alpha value is -3.08. The lowest BCUT2D eigenvalue weighted by Crippen LogP contribution is -2.59. The first-order valence-electron chi connectivity index (χ1n) is 12.1. The SMILES string of the molecule is C=C(C1=CC(=C(C#N)C#N)C=C(C(C)(C)C)O1)[N+]12CCC(C)(C)c3cccc(c31)C(C)(C)CC2. The van der Waals surface area contributed by atoms with E-state index in [4.69, 9.17) is 4.74 Å². The van der Waals surface area contributed by atoms with E-state index in [1.807, 2.05) is 12.2 Å². The van der Waals surface area contributed by atoms with Crippen LogP contribution in [0.1, 0.15) is 72.4 Å². The van der Waals surface area contributed by atoms with Crippen molar-refractivity contribution in [1.29, 1.82) is 10.5 Å². The highest BCUT2D eigenvalue weighted by Gasteiger charge is 2.53. The van der Waals surface area contributed by atoms with Gasteiger partial charge in [-0.25, -0.2) is 0 Å². The number of allylic oxidation sites excluding steroid dienone is 5. The molecule has 0 saturated heterocycles. The average Bonchev–Trinajstić information content (AvgIpc) is 2.78. The van der Waals surface area contributed by atoms with Crippen molar-refractivity contribution in [1.82, 2.24) is 4.48 Å². The molecule has 0 unspecified atom stereocenters. The van der Waals surface area contributed by atoms with Gasteiger partial charge in [-0.05, 0) is 18.7 Å². The summed E-state index contributed by atoms with van der Waals surface area (Å²) in [5.41, 5.74) is 5.62. The van der Waals surface area contributed by atoms with E-state index < -0.39 is 0 Å². The number of benzene rings is 1. The molecule has 3 aliphatic heterocycles. The smallest absolute Gasteiger partial charge is 0.188 e. The number of para-hydroxylation sites is 1. The Morgan fingerprint density at radius 3 is 1.97 bits per heavy atom. The van der Waals surface area contributed by atoms with E-state index in [2.05, 4.69) is 85.4 Å². The third-order valence-electron chi connectivity index (χ3n) is 8.01. The highest BCUT2D eigenvalue weighted by molar-refractivity contribution is 5.69. The van der Waals surface area contributed by atoms with Crippen molar-refractivity contribution >= 4 is 5.69 Å². The Bertz CT molecular complexity index is 1190. The van der Waals surface area contributed by atoms with Crippen LogP contribution in [0.4, 0.5) is 5.69 Å². The van der Waals surface area contributed by atoms with Gasteiger partial charge in [0.05, 0.1) is 13.1 Å². The lowest BCUT2D eigenvalue weighted by molar-refractivity contribution is 0.179. The molecule has 0 aromatic heterocycles. The predicted molar refractivity (Wildman–Crippen MR) is 137 cm³/mol. The molecule has 0 N–H and O–H groups in total. The maximum atomic E-state index is 9.57. The van der Waals surface area contributed by atoms with Crippen molar-refractivity contribution in [2.24, 2.45) is 5.41 Å². The molecule has 0 fully saturated rings. The van der Waals surface area contributed by atoms with E-state index in [1.165, 1.54) is 16.8 Å². The molecule has 0 atom stereocenters. The molecule has 4 nitrogen and oxygen atoms in total. The molecule has 3 heterocycles. The van der Waals surface area contributed by atoms with Crippen LogP contribution in [-0.2, 0) is 15.6 Å². The van der Waals surface area contributed by atoms with Gasteiger partial charge in [-0.2, -0.15) is 10.5 Å².